The SMILES string of the molecule is CC1CNCC(C)(C)CO1. The van der Waals surface area contributed by atoms with Gasteiger partial charge in [-0.2, -0.15) is 0 Å². The van der Waals surface area contributed by atoms with E-state index < -0.39 is 0 Å². The fourth-order valence-corrected chi connectivity index (χ4v) is 1.09. The van der Waals surface area contributed by atoms with Crippen LogP contribution in [0.25, 0.3) is 0 Å². The summed E-state index contributed by atoms with van der Waals surface area (Å²) in [6.07, 6.45) is 0.377. The summed E-state index contributed by atoms with van der Waals surface area (Å²) in [6.45, 7) is 9.48. The first-order chi connectivity index (χ1) is 4.60. The highest BCUT2D eigenvalue weighted by atomic mass is 16.5. The van der Waals surface area contributed by atoms with Gasteiger partial charge >= 0.3 is 0 Å². The monoisotopic (exact) mass is 143 g/mol. The summed E-state index contributed by atoms with van der Waals surface area (Å²) in [5.74, 6) is 0. The fraction of sp³-hybridized carbons (Fsp3) is 1.00. The molecule has 2 heteroatoms. The van der Waals surface area contributed by atoms with Gasteiger partial charge in [-0.1, -0.05) is 13.8 Å². The molecule has 0 radical (unpaired) electrons. The lowest BCUT2D eigenvalue weighted by atomic mass is 9.95. The maximum absolute atomic E-state index is 5.56. The maximum atomic E-state index is 5.56. The second-order valence-corrected chi connectivity index (χ2v) is 3.92. The van der Waals surface area contributed by atoms with E-state index in [9.17, 15) is 0 Å². The molecule has 0 aromatic carbocycles. The quantitative estimate of drug-likeness (QED) is 0.546. The number of nitrogens with one attached hydrogen (secondary N) is 1. The third-order valence-electron chi connectivity index (χ3n) is 1.79. The van der Waals surface area contributed by atoms with Crippen LogP contribution in [0.2, 0.25) is 0 Å². The largest absolute Gasteiger partial charge is 0.377 e. The smallest absolute Gasteiger partial charge is 0.0671 e. The Morgan fingerprint density at radius 1 is 1.50 bits per heavy atom. The summed E-state index contributed by atoms with van der Waals surface area (Å²) in [7, 11) is 0. The van der Waals surface area contributed by atoms with Gasteiger partial charge < -0.3 is 10.1 Å². The third-order valence-corrected chi connectivity index (χ3v) is 1.79. The van der Waals surface area contributed by atoms with Crippen LogP contribution in [0.1, 0.15) is 20.8 Å². The molecule has 0 aliphatic carbocycles. The van der Waals surface area contributed by atoms with Crippen LogP contribution >= 0.6 is 0 Å². The summed E-state index contributed by atoms with van der Waals surface area (Å²) < 4.78 is 5.56. The molecular weight excluding hydrogens is 126 g/mol. The topological polar surface area (TPSA) is 21.3 Å². The fourth-order valence-electron chi connectivity index (χ4n) is 1.09. The predicted molar refractivity (Wildman–Crippen MR) is 42.1 cm³/mol. The molecule has 1 fully saturated rings. The van der Waals surface area contributed by atoms with Crippen LogP contribution < -0.4 is 5.32 Å². The lowest BCUT2D eigenvalue weighted by Crippen LogP contribution is -2.30. The van der Waals surface area contributed by atoms with Crippen LogP contribution in [0, 0.1) is 5.41 Å². The molecule has 1 saturated heterocycles. The Balaban J connectivity index is 2.41. The van der Waals surface area contributed by atoms with Crippen LogP contribution in [0.4, 0.5) is 0 Å². The molecule has 1 heterocycles. The normalized spacial score (nSPS) is 33.3. The lowest BCUT2D eigenvalue weighted by Gasteiger charge is -2.20. The van der Waals surface area contributed by atoms with Crippen LogP contribution in [0.15, 0.2) is 0 Å². The molecule has 0 bridgehead atoms. The molecular formula is C8H17NO. The lowest BCUT2D eigenvalue weighted by molar-refractivity contribution is 0.0370. The Morgan fingerprint density at radius 2 is 2.20 bits per heavy atom. The van der Waals surface area contributed by atoms with E-state index in [0.717, 1.165) is 19.7 Å². The minimum absolute atomic E-state index is 0.310. The molecule has 0 aromatic heterocycles. The van der Waals surface area contributed by atoms with E-state index in [1.54, 1.807) is 0 Å². The first-order valence-electron chi connectivity index (χ1n) is 3.92. The van der Waals surface area contributed by atoms with Crippen molar-refractivity contribution in [3.63, 3.8) is 0 Å². The molecule has 0 amide bonds. The zero-order valence-electron chi connectivity index (χ0n) is 7.11. The second kappa shape index (κ2) is 2.89. The Kier molecular flexibility index (Phi) is 2.32. The van der Waals surface area contributed by atoms with Crippen LogP contribution in [-0.4, -0.2) is 25.8 Å². The van der Waals surface area contributed by atoms with E-state index in [1.165, 1.54) is 0 Å². The summed E-state index contributed by atoms with van der Waals surface area (Å²) in [6, 6.07) is 0. The molecule has 0 aromatic rings. The molecule has 1 atom stereocenters. The van der Waals surface area contributed by atoms with Crippen molar-refractivity contribution in [2.24, 2.45) is 5.41 Å². The van der Waals surface area contributed by atoms with E-state index in [1.807, 2.05) is 0 Å². The van der Waals surface area contributed by atoms with Gasteiger partial charge in [-0.15, -0.1) is 0 Å². The highest BCUT2D eigenvalue weighted by Crippen LogP contribution is 2.16. The Labute approximate surface area is 63.0 Å². The molecule has 1 rings (SSSR count). The van der Waals surface area contributed by atoms with Crippen molar-refractivity contribution in [1.82, 2.24) is 5.32 Å². The minimum Gasteiger partial charge on any atom is -0.377 e. The van der Waals surface area contributed by atoms with Crippen LogP contribution in [0.3, 0.4) is 0 Å². The van der Waals surface area contributed by atoms with Gasteiger partial charge in [-0.3, -0.25) is 0 Å². The van der Waals surface area contributed by atoms with E-state index in [4.69, 9.17) is 4.74 Å². The molecule has 1 aliphatic heterocycles. The number of hydrogen-bond donors (Lipinski definition) is 1. The molecule has 60 valence electrons. The van der Waals surface area contributed by atoms with Gasteiger partial charge in [0.15, 0.2) is 0 Å². The first-order valence-corrected chi connectivity index (χ1v) is 3.92. The Hall–Kier alpha value is -0.0800. The molecule has 10 heavy (non-hydrogen) atoms. The molecule has 0 spiro atoms. The van der Waals surface area contributed by atoms with Crippen molar-refractivity contribution in [2.75, 3.05) is 19.7 Å². The Morgan fingerprint density at radius 3 is 2.90 bits per heavy atom. The molecule has 0 saturated carbocycles. The average Bonchev–Trinajstić information content (AvgIpc) is 1.94. The van der Waals surface area contributed by atoms with Gasteiger partial charge in [0.1, 0.15) is 0 Å². The van der Waals surface area contributed by atoms with Crippen molar-refractivity contribution < 1.29 is 4.74 Å². The Bertz CT molecular complexity index is 112. The minimum atomic E-state index is 0.310. The number of rotatable bonds is 0. The zero-order valence-corrected chi connectivity index (χ0v) is 7.11. The van der Waals surface area contributed by atoms with Crippen molar-refractivity contribution in [1.29, 1.82) is 0 Å². The second-order valence-electron chi connectivity index (χ2n) is 3.92. The van der Waals surface area contributed by atoms with Gasteiger partial charge in [0.05, 0.1) is 12.7 Å². The van der Waals surface area contributed by atoms with E-state index in [0.29, 0.717) is 11.5 Å². The third kappa shape index (κ3) is 2.27. The summed E-state index contributed by atoms with van der Waals surface area (Å²) >= 11 is 0. The summed E-state index contributed by atoms with van der Waals surface area (Å²) in [5, 5.41) is 3.36. The predicted octanol–water partition coefficient (Wildman–Crippen LogP) is 1.02. The van der Waals surface area contributed by atoms with Crippen LogP contribution in [0.5, 0.6) is 0 Å². The van der Waals surface area contributed by atoms with E-state index >= 15 is 0 Å². The van der Waals surface area contributed by atoms with Gasteiger partial charge in [-0.25, -0.2) is 0 Å². The van der Waals surface area contributed by atoms with Crippen molar-refractivity contribution in [3.05, 3.63) is 0 Å². The number of ether oxygens (including phenoxy) is 1. The first kappa shape index (κ1) is 8.02. The van der Waals surface area contributed by atoms with E-state index in [2.05, 4.69) is 26.1 Å². The molecule has 1 unspecified atom stereocenters. The standard InChI is InChI=1S/C8H17NO/c1-7-4-9-5-8(2,3)6-10-7/h7,9H,4-6H2,1-3H3. The average molecular weight is 143 g/mol. The summed E-state index contributed by atoms with van der Waals surface area (Å²) in [5.41, 5.74) is 0.310. The molecule has 1 N–H and O–H groups in total. The van der Waals surface area contributed by atoms with E-state index in [-0.39, 0.29) is 0 Å². The van der Waals surface area contributed by atoms with Crippen molar-refractivity contribution in [3.8, 4) is 0 Å². The number of hydrogen-bond acceptors (Lipinski definition) is 2. The van der Waals surface area contributed by atoms with Crippen LogP contribution in [-0.2, 0) is 4.74 Å². The maximum Gasteiger partial charge on any atom is 0.0671 e. The van der Waals surface area contributed by atoms with Gasteiger partial charge in [-0.05, 0) is 6.92 Å². The molecule has 2 nitrogen and oxygen atoms in total. The highest BCUT2D eigenvalue weighted by molar-refractivity contribution is 4.75. The van der Waals surface area contributed by atoms with Crippen molar-refractivity contribution >= 4 is 0 Å². The van der Waals surface area contributed by atoms with Gasteiger partial charge in [0, 0.05) is 18.5 Å². The van der Waals surface area contributed by atoms with Gasteiger partial charge in [0.25, 0.3) is 0 Å². The van der Waals surface area contributed by atoms with Crippen molar-refractivity contribution in [2.45, 2.75) is 26.9 Å². The summed E-state index contributed by atoms with van der Waals surface area (Å²) in [4.78, 5) is 0. The zero-order chi connectivity index (χ0) is 7.61. The molecule has 1 aliphatic rings. The van der Waals surface area contributed by atoms with Gasteiger partial charge in [0.2, 0.25) is 0 Å². The highest BCUT2D eigenvalue weighted by Gasteiger charge is 2.22.